The largest absolute Gasteiger partial charge is 0.442 e. The zero-order valence-electron chi connectivity index (χ0n) is 18.1. The van der Waals surface area contributed by atoms with E-state index in [1.54, 1.807) is 24.3 Å². The van der Waals surface area contributed by atoms with Crippen molar-refractivity contribution in [3.05, 3.63) is 68.3 Å². The molecule has 0 fully saturated rings. The van der Waals surface area contributed by atoms with Crippen LogP contribution in [-0.4, -0.2) is 31.6 Å². The lowest BCUT2D eigenvalue weighted by Gasteiger charge is -2.12. The number of H-pyrrole nitrogens is 1. The summed E-state index contributed by atoms with van der Waals surface area (Å²) in [6.45, 7) is 3.94. The first-order chi connectivity index (χ1) is 15.9. The molecule has 0 unspecified atom stereocenters. The smallest absolute Gasteiger partial charge is 0.290 e. The Morgan fingerprint density at radius 3 is 2.58 bits per heavy atom. The summed E-state index contributed by atoms with van der Waals surface area (Å²) in [5, 5.41) is 4.96. The van der Waals surface area contributed by atoms with E-state index in [2.05, 4.69) is 25.9 Å². The third kappa shape index (κ3) is 4.12. The van der Waals surface area contributed by atoms with Gasteiger partial charge in [0.1, 0.15) is 11.1 Å². The Hall–Kier alpha value is -4.28. The summed E-state index contributed by atoms with van der Waals surface area (Å²) in [4.78, 5) is 56.9. The van der Waals surface area contributed by atoms with Crippen LogP contribution in [0, 0.1) is 6.92 Å². The number of carbonyl (C=O) groups is 2. The molecule has 3 N–H and O–H groups in total. The highest BCUT2D eigenvalue weighted by molar-refractivity contribution is 6.09. The minimum absolute atomic E-state index is 0.00436. The summed E-state index contributed by atoms with van der Waals surface area (Å²) in [5.41, 5.74) is 3.75. The highest BCUT2D eigenvalue weighted by Gasteiger charge is 2.23. The van der Waals surface area contributed by atoms with E-state index in [0.29, 0.717) is 17.3 Å². The topological polar surface area (TPSA) is 152 Å². The zero-order chi connectivity index (χ0) is 23.5. The van der Waals surface area contributed by atoms with Gasteiger partial charge in [0.2, 0.25) is 5.71 Å². The van der Waals surface area contributed by atoms with Gasteiger partial charge in [0.25, 0.3) is 22.9 Å². The first-order valence-corrected chi connectivity index (χ1v) is 10.5. The SMILES string of the molecule is CCCCCn1nc(C(=O)NNC(=O)c2c(C)oc3nc[nH]c(=O)c23)c2ccccc2c1=O. The summed E-state index contributed by atoms with van der Waals surface area (Å²) < 4.78 is 6.64. The Morgan fingerprint density at radius 1 is 1.09 bits per heavy atom. The fourth-order valence-corrected chi connectivity index (χ4v) is 3.63. The number of aromatic nitrogens is 4. The minimum atomic E-state index is -0.751. The molecule has 0 spiro atoms. The number of hydrogen-bond donors (Lipinski definition) is 3. The maximum atomic E-state index is 12.9. The van der Waals surface area contributed by atoms with Crippen LogP contribution in [0.1, 0.15) is 52.8 Å². The maximum Gasteiger partial charge on any atom is 0.290 e. The van der Waals surface area contributed by atoms with Crippen molar-refractivity contribution >= 4 is 33.7 Å². The highest BCUT2D eigenvalue weighted by Crippen LogP contribution is 2.20. The number of unbranched alkanes of at least 4 members (excludes halogenated alkanes) is 2. The quantitative estimate of drug-likeness (QED) is 0.299. The molecule has 0 saturated heterocycles. The first kappa shape index (κ1) is 21.9. The predicted molar refractivity (Wildman–Crippen MR) is 120 cm³/mol. The lowest BCUT2D eigenvalue weighted by molar-refractivity contribution is 0.0843. The van der Waals surface area contributed by atoms with E-state index in [1.165, 1.54) is 17.9 Å². The van der Waals surface area contributed by atoms with Crippen LogP contribution in [0.15, 0.2) is 44.6 Å². The van der Waals surface area contributed by atoms with Gasteiger partial charge in [-0.3, -0.25) is 30.0 Å². The highest BCUT2D eigenvalue weighted by atomic mass is 16.3. The van der Waals surface area contributed by atoms with Crippen molar-refractivity contribution in [2.45, 2.75) is 39.7 Å². The van der Waals surface area contributed by atoms with Gasteiger partial charge in [-0.15, -0.1) is 0 Å². The van der Waals surface area contributed by atoms with Crippen molar-refractivity contribution in [2.24, 2.45) is 0 Å². The van der Waals surface area contributed by atoms with Gasteiger partial charge in [-0.1, -0.05) is 38.0 Å². The van der Waals surface area contributed by atoms with E-state index >= 15 is 0 Å². The van der Waals surface area contributed by atoms with Gasteiger partial charge < -0.3 is 9.40 Å². The van der Waals surface area contributed by atoms with Crippen molar-refractivity contribution in [1.82, 2.24) is 30.6 Å². The van der Waals surface area contributed by atoms with E-state index in [4.69, 9.17) is 4.42 Å². The Labute approximate surface area is 186 Å². The number of nitrogens with one attached hydrogen (secondary N) is 3. The van der Waals surface area contributed by atoms with E-state index in [9.17, 15) is 19.2 Å². The monoisotopic (exact) mass is 450 g/mol. The van der Waals surface area contributed by atoms with Crippen LogP contribution in [0.25, 0.3) is 21.9 Å². The number of rotatable bonds is 6. The number of carbonyl (C=O) groups excluding carboxylic acids is 2. The number of amides is 2. The normalized spacial score (nSPS) is 11.1. The lowest BCUT2D eigenvalue weighted by atomic mass is 10.1. The van der Waals surface area contributed by atoms with Crippen LogP contribution in [0.3, 0.4) is 0 Å². The van der Waals surface area contributed by atoms with Crippen LogP contribution in [0.2, 0.25) is 0 Å². The van der Waals surface area contributed by atoms with Crippen LogP contribution in [0.5, 0.6) is 0 Å². The first-order valence-electron chi connectivity index (χ1n) is 10.5. The Kier molecular flexibility index (Phi) is 6.03. The molecule has 170 valence electrons. The number of aromatic amines is 1. The standard InChI is InChI=1S/C22H22N6O5/c1-3-4-7-10-28-22(32)14-9-6-5-8-13(14)17(27-28)20(31)26-25-19(30)15-12(2)33-21-16(15)18(29)23-11-24-21/h5-6,8-9,11H,3-4,7,10H2,1-2H3,(H,25,30)(H,26,31)(H,23,24,29). The predicted octanol–water partition coefficient (Wildman–Crippen LogP) is 1.80. The van der Waals surface area contributed by atoms with E-state index in [1.807, 2.05) is 6.92 Å². The van der Waals surface area contributed by atoms with Gasteiger partial charge in [-0.25, -0.2) is 9.67 Å². The number of aryl methyl sites for hydroxylation is 2. The van der Waals surface area contributed by atoms with Crippen LogP contribution in [0.4, 0.5) is 0 Å². The van der Waals surface area contributed by atoms with Crippen molar-refractivity contribution < 1.29 is 14.0 Å². The molecule has 33 heavy (non-hydrogen) atoms. The van der Waals surface area contributed by atoms with Crippen LogP contribution < -0.4 is 22.0 Å². The minimum Gasteiger partial charge on any atom is -0.442 e. The van der Waals surface area contributed by atoms with Gasteiger partial charge in [0.05, 0.1) is 17.3 Å². The molecular formula is C22H22N6O5. The fourth-order valence-electron chi connectivity index (χ4n) is 3.63. The molecule has 2 amide bonds. The molecule has 11 nitrogen and oxygen atoms in total. The number of furan rings is 1. The fraction of sp³-hybridized carbons (Fsp3) is 0.273. The second kappa shape index (κ2) is 9.07. The molecule has 0 radical (unpaired) electrons. The molecule has 0 aliphatic rings. The molecule has 4 aromatic rings. The molecule has 1 aromatic carbocycles. The second-order valence-corrected chi connectivity index (χ2v) is 7.48. The van der Waals surface area contributed by atoms with Crippen molar-refractivity contribution in [2.75, 3.05) is 0 Å². The summed E-state index contributed by atoms with van der Waals surface area (Å²) in [7, 11) is 0. The molecule has 0 atom stereocenters. The Balaban J connectivity index is 1.63. The van der Waals surface area contributed by atoms with Crippen molar-refractivity contribution in [3.8, 4) is 0 Å². The molecule has 11 heteroatoms. The number of nitrogens with zero attached hydrogens (tertiary/aromatic N) is 3. The molecule has 0 aliphatic carbocycles. The van der Waals surface area contributed by atoms with Gasteiger partial charge in [0, 0.05) is 11.9 Å². The van der Waals surface area contributed by atoms with E-state index in [-0.39, 0.29) is 33.7 Å². The lowest BCUT2D eigenvalue weighted by Crippen LogP contribution is -2.43. The van der Waals surface area contributed by atoms with Gasteiger partial charge in [-0.05, 0) is 19.4 Å². The molecule has 3 aromatic heterocycles. The van der Waals surface area contributed by atoms with Crippen molar-refractivity contribution in [3.63, 3.8) is 0 Å². The third-order valence-corrected chi connectivity index (χ3v) is 5.24. The molecule has 4 rings (SSSR count). The molecule has 0 bridgehead atoms. The molecule has 0 aliphatic heterocycles. The number of hydrogen-bond acceptors (Lipinski definition) is 7. The maximum absolute atomic E-state index is 12.9. The van der Waals surface area contributed by atoms with Gasteiger partial charge >= 0.3 is 0 Å². The number of benzene rings is 1. The third-order valence-electron chi connectivity index (χ3n) is 5.24. The Morgan fingerprint density at radius 2 is 1.82 bits per heavy atom. The van der Waals surface area contributed by atoms with Crippen molar-refractivity contribution in [1.29, 1.82) is 0 Å². The number of fused-ring (bicyclic) bond motifs is 2. The van der Waals surface area contributed by atoms with Gasteiger partial charge in [0.15, 0.2) is 5.69 Å². The van der Waals surface area contributed by atoms with E-state index < -0.39 is 17.4 Å². The van der Waals surface area contributed by atoms with E-state index in [0.717, 1.165) is 19.3 Å². The summed E-state index contributed by atoms with van der Waals surface area (Å²) in [6.07, 6.45) is 3.81. The second-order valence-electron chi connectivity index (χ2n) is 7.48. The van der Waals surface area contributed by atoms with Crippen LogP contribution >= 0.6 is 0 Å². The average Bonchev–Trinajstić information content (AvgIpc) is 3.16. The average molecular weight is 450 g/mol. The number of hydrazine groups is 1. The zero-order valence-corrected chi connectivity index (χ0v) is 18.1. The van der Waals surface area contributed by atoms with Gasteiger partial charge in [-0.2, -0.15) is 5.10 Å². The summed E-state index contributed by atoms with van der Waals surface area (Å²) in [6, 6.07) is 6.66. The summed E-state index contributed by atoms with van der Waals surface area (Å²) in [5.74, 6) is -1.28. The molecular weight excluding hydrogens is 428 g/mol. The molecule has 0 saturated carbocycles. The summed E-state index contributed by atoms with van der Waals surface area (Å²) >= 11 is 0. The Bertz CT molecular complexity index is 1480. The van der Waals surface area contributed by atoms with Crippen LogP contribution in [-0.2, 0) is 6.54 Å². The molecule has 3 heterocycles.